The zero-order valence-corrected chi connectivity index (χ0v) is 11.2. The van der Waals surface area contributed by atoms with Gasteiger partial charge in [-0.1, -0.05) is 31.5 Å². The number of anilines is 1. The molecule has 0 spiro atoms. The van der Waals surface area contributed by atoms with Crippen LogP contribution in [-0.4, -0.2) is 24.3 Å². The zero-order valence-electron chi connectivity index (χ0n) is 11.2. The maximum absolute atomic E-state index is 9.47. The predicted molar refractivity (Wildman–Crippen MR) is 74.9 cm³/mol. The van der Waals surface area contributed by atoms with Crippen LogP contribution in [0.25, 0.3) is 0 Å². The summed E-state index contributed by atoms with van der Waals surface area (Å²) in [5.74, 6) is 1.24. The van der Waals surface area contributed by atoms with Gasteiger partial charge < -0.3 is 10.0 Å². The van der Waals surface area contributed by atoms with Gasteiger partial charge >= 0.3 is 0 Å². The smallest absolute Gasteiger partial charge is 0.0476 e. The van der Waals surface area contributed by atoms with E-state index < -0.39 is 0 Å². The summed E-state index contributed by atoms with van der Waals surface area (Å²) in [7, 11) is 0. The van der Waals surface area contributed by atoms with E-state index >= 15 is 0 Å². The zero-order chi connectivity index (χ0) is 12.5. The molecule has 1 saturated carbocycles. The number of hydrogen-bond acceptors (Lipinski definition) is 2. The van der Waals surface area contributed by atoms with E-state index in [-0.39, 0.29) is 0 Å². The minimum Gasteiger partial charge on any atom is -0.396 e. The summed E-state index contributed by atoms with van der Waals surface area (Å²) in [5.41, 5.74) is 2.87. The maximum atomic E-state index is 9.47. The van der Waals surface area contributed by atoms with E-state index in [4.69, 9.17) is 0 Å². The molecule has 2 heteroatoms. The van der Waals surface area contributed by atoms with Crippen LogP contribution in [0.15, 0.2) is 24.3 Å². The van der Waals surface area contributed by atoms with Gasteiger partial charge in [-0.15, -0.1) is 0 Å². The molecule has 1 heterocycles. The van der Waals surface area contributed by atoms with Crippen molar-refractivity contribution in [2.24, 2.45) is 11.8 Å². The van der Waals surface area contributed by atoms with Crippen LogP contribution in [0.5, 0.6) is 0 Å². The molecular weight excluding hydrogens is 222 g/mol. The van der Waals surface area contributed by atoms with Crippen molar-refractivity contribution in [2.45, 2.75) is 38.6 Å². The summed E-state index contributed by atoms with van der Waals surface area (Å²) in [4.78, 5) is 2.57. The summed E-state index contributed by atoms with van der Waals surface area (Å²) in [6.07, 6.45) is 5.28. The third-order valence-corrected chi connectivity index (χ3v) is 4.75. The third kappa shape index (κ3) is 2.03. The molecule has 3 rings (SSSR count). The van der Waals surface area contributed by atoms with Gasteiger partial charge in [0.2, 0.25) is 0 Å². The summed E-state index contributed by atoms with van der Waals surface area (Å²) in [5, 5.41) is 9.47. The summed E-state index contributed by atoms with van der Waals surface area (Å²) < 4.78 is 0. The molecular formula is C16H23NO. The van der Waals surface area contributed by atoms with Crippen molar-refractivity contribution in [2.75, 3.05) is 18.1 Å². The topological polar surface area (TPSA) is 23.5 Å². The molecule has 1 aromatic rings. The number of rotatable bonds is 4. The number of aliphatic hydroxyl groups excluding tert-OH is 1. The Kier molecular flexibility index (Phi) is 3.29. The Balaban J connectivity index is 1.83. The molecule has 2 aliphatic rings. The standard InChI is InChI=1S/C16H23NO/c1-12(11-18)16-9-14-7-2-3-8-15(14)17(16)10-13-5-4-6-13/h2-3,7-8,12-13,16,18H,4-6,9-11H2,1H3. The first-order valence-electron chi connectivity index (χ1n) is 7.25. The molecule has 1 aromatic carbocycles. The molecule has 0 aromatic heterocycles. The van der Waals surface area contributed by atoms with Gasteiger partial charge in [-0.05, 0) is 42.7 Å². The van der Waals surface area contributed by atoms with Crippen LogP contribution in [0.3, 0.4) is 0 Å². The van der Waals surface area contributed by atoms with E-state index in [0.29, 0.717) is 18.6 Å². The molecule has 0 amide bonds. The summed E-state index contributed by atoms with van der Waals surface area (Å²) in [6.45, 7) is 3.65. The number of aliphatic hydroxyl groups is 1. The van der Waals surface area contributed by atoms with Crippen LogP contribution in [0.1, 0.15) is 31.7 Å². The van der Waals surface area contributed by atoms with Crippen LogP contribution >= 0.6 is 0 Å². The number of fused-ring (bicyclic) bond motifs is 1. The van der Waals surface area contributed by atoms with E-state index in [1.54, 1.807) is 0 Å². The second-order valence-corrected chi connectivity index (χ2v) is 6.01. The lowest BCUT2D eigenvalue weighted by Crippen LogP contribution is -2.42. The van der Waals surface area contributed by atoms with Crippen molar-refractivity contribution in [1.29, 1.82) is 0 Å². The molecule has 1 aliphatic heterocycles. The lowest BCUT2D eigenvalue weighted by molar-refractivity contribution is 0.208. The van der Waals surface area contributed by atoms with Crippen molar-refractivity contribution < 1.29 is 5.11 Å². The van der Waals surface area contributed by atoms with Crippen LogP contribution < -0.4 is 4.90 Å². The van der Waals surface area contributed by atoms with Crippen molar-refractivity contribution >= 4 is 5.69 Å². The normalized spacial score (nSPS) is 24.8. The predicted octanol–water partition coefficient (Wildman–Crippen LogP) is 2.85. The van der Waals surface area contributed by atoms with E-state index in [1.165, 1.54) is 37.1 Å². The van der Waals surface area contributed by atoms with Crippen LogP contribution in [0, 0.1) is 11.8 Å². The molecule has 98 valence electrons. The van der Waals surface area contributed by atoms with Gasteiger partial charge in [0, 0.05) is 24.9 Å². The van der Waals surface area contributed by atoms with Gasteiger partial charge in [0.15, 0.2) is 0 Å². The fraction of sp³-hybridized carbons (Fsp3) is 0.625. The quantitative estimate of drug-likeness (QED) is 0.881. The molecule has 18 heavy (non-hydrogen) atoms. The Bertz CT molecular complexity index is 413. The Morgan fingerprint density at radius 1 is 1.33 bits per heavy atom. The summed E-state index contributed by atoms with van der Waals surface area (Å²) in [6, 6.07) is 9.25. The maximum Gasteiger partial charge on any atom is 0.0476 e. The van der Waals surface area contributed by atoms with Crippen LogP contribution in [0.4, 0.5) is 5.69 Å². The van der Waals surface area contributed by atoms with Crippen molar-refractivity contribution in [1.82, 2.24) is 0 Å². The van der Waals surface area contributed by atoms with Gasteiger partial charge in [0.25, 0.3) is 0 Å². The lowest BCUT2D eigenvalue weighted by atomic mass is 9.84. The molecule has 0 bridgehead atoms. The highest BCUT2D eigenvalue weighted by Crippen LogP contribution is 2.38. The molecule has 2 atom stereocenters. The fourth-order valence-electron chi connectivity index (χ4n) is 3.30. The number of benzene rings is 1. The highest BCUT2D eigenvalue weighted by molar-refractivity contribution is 5.59. The second-order valence-electron chi connectivity index (χ2n) is 6.01. The van der Waals surface area contributed by atoms with Gasteiger partial charge in [-0.2, -0.15) is 0 Å². The van der Waals surface area contributed by atoms with E-state index in [1.807, 2.05) is 0 Å². The average Bonchev–Trinajstić information content (AvgIpc) is 2.71. The SMILES string of the molecule is CC(CO)C1Cc2ccccc2N1CC1CCC1. The van der Waals surface area contributed by atoms with E-state index in [9.17, 15) is 5.11 Å². The minimum atomic E-state index is 0.291. The first-order chi connectivity index (χ1) is 8.79. The number of nitrogens with zero attached hydrogens (tertiary/aromatic N) is 1. The monoisotopic (exact) mass is 245 g/mol. The van der Waals surface area contributed by atoms with Gasteiger partial charge in [-0.25, -0.2) is 0 Å². The van der Waals surface area contributed by atoms with Crippen molar-refractivity contribution in [3.05, 3.63) is 29.8 Å². The number of hydrogen-bond donors (Lipinski definition) is 1. The largest absolute Gasteiger partial charge is 0.396 e. The third-order valence-electron chi connectivity index (χ3n) is 4.75. The molecule has 1 N–H and O–H groups in total. The van der Waals surface area contributed by atoms with E-state index in [0.717, 1.165) is 12.3 Å². The lowest BCUT2D eigenvalue weighted by Gasteiger charge is -2.37. The first kappa shape index (κ1) is 12.0. The highest BCUT2D eigenvalue weighted by Gasteiger charge is 2.34. The molecule has 0 radical (unpaired) electrons. The van der Waals surface area contributed by atoms with Crippen LogP contribution in [0.2, 0.25) is 0 Å². The molecule has 2 unspecified atom stereocenters. The molecule has 0 saturated heterocycles. The van der Waals surface area contributed by atoms with Crippen LogP contribution in [-0.2, 0) is 6.42 Å². The van der Waals surface area contributed by atoms with E-state index in [2.05, 4.69) is 36.1 Å². The minimum absolute atomic E-state index is 0.291. The Morgan fingerprint density at radius 3 is 2.78 bits per heavy atom. The fourth-order valence-corrected chi connectivity index (χ4v) is 3.30. The Morgan fingerprint density at radius 2 is 2.11 bits per heavy atom. The molecule has 1 fully saturated rings. The Hall–Kier alpha value is -1.02. The van der Waals surface area contributed by atoms with Crippen molar-refractivity contribution in [3.63, 3.8) is 0 Å². The summed E-state index contributed by atoms with van der Waals surface area (Å²) >= 11 is 0. The first-order valence-corrected chi connectivity index (χ1v) is 7.25. The second kappa shape index (κ2) is 4.93. The highest BCUT2D eigenvalue weighted by atomic mass is 16.3. The average molecular weight is 245 g/mol. The molecule has 2 nitrogen and oxygen atoms in total. The molecule has 1 aliphatic carbocycles. The van der Waals surface area contributed by atoms with Gasteiger partial charge in [-0.3, -0.25) is 0 Å². The Labute approximate surface area is 110 Å². The number of para-hydroxylation sites is 1. The van der Waals surface area contributed by atoms with Gasteiger partial charge in [0.1, 0.15) is 0 Å². The van der Waals surface area contributed by atoms with Gasteiger partial charge in [0.05, 0.1) is 0 Å². The van der Waals surface area contributed by atoms with Crippen molar-refractivity contribution in [3.8, 4) is 0 Å².